The maximum absolute atomic E-state index is 6.21. The number of fused-ring (bicyclic) bond motifs is 1. The van der Waals surface area contributed by atoms with Crippen LogP contribution in [0.15, 0.2) is 48.5 Å². The van der Waals surface area contributed by atoms with Gasteiger partial charge in [0.2, 0.25) is 0 Å². The van der Waals surface area contributed by atoms with E-state index < -0.39 is 0 Å². The van der Waals surface area contributed by atoms with E-state index in [4.69, 9.17) is 33.2 Å². The van der Waals surface area contributed by atoms with Crippen LogP contribution in [0.2, 0.25) is 10.0 Å². The van der Waals surface area contributed by atoms with Gasteiger partial charge in [-0.05, 0) is 47.7 Å². The second-order valence-electron chi connectivity index (χ2n) is 10.5. The number of hydrogen-bond acceptors (Lipinski definition) is 6. The van der Waals surface area contributed by atoms with Crippen LogP contribution >= 0.6 is 35.0 Å². The van der Waals surface area contributed by atoms with Crippen molar-refractivity contribution in [2.24, 2.45) is 5.92 Å². The third kappa shape index (κ3) is 5.75. The van der Waals surface area contributed by atoms with Gasteiger partial charge in [0.05, 0.1) is 23.8 Å². The molecule has 5 nitrogen and oxygen atoms in total. The van der Waals surface area contributed by atoms with Crippen LogP contribution in [0, 0.1) is 5.92 Å². The Morgan fingerprint density at radius 2 is 1.55 bits per heavy atom. The molecule has 2 aromatic carbocycles. The first-order valence-electron chi connectivity index (χ1n) is 13.4. The number of hydrogen-bond donors (Lipinski definition) is 0. The standard InChI is InChI=1S/C30H33Cl2N5S/c1-21-2-11-27-26(18-21)30(37-16-17-38-20-37)34-28(33-27)19-35-12-14-36(15-13-35)29(22-3-7-24(31)8-4-22)23-5-9-25(32)10-6-23/h3-11,18,21,29H,2,12-17,19-20H2,1H3. The molecule has 2 aliphatic heterocycles. The smallest absolute Gasteiger partial charge is 0.145 e. The predicted octanol–water partition coefficient (Wildman–Crippen LogP) is 4.80. The van der Waals surface area contributed by atoms with Gasteiger partial charge in [-0.25, -0.2) is 9.97 Å². The van der Waals surface area contributed by atoms with Crippen LogP contribution < -0.4 is 15.5 Å². The molecule has 1 aliphatic carbocycles. The summed E-state index contributed by atoms with van der Waals surface area (Å²) in [7, 11) is 0. The molecule has 1 aromatic heterocycles. The number of benzene rings is 2. The molecule has 0 spiro atoms. The number of anilines is 1. The van der Waals surface area contributed by atoms with Gasteiger partial charge in [0.15, 0.2) is 0 Å². The van der Waals surface area contributed by atoms with Crippen molar-refractivity contribution in [2.75, 3.05) is 49.3 Å². The van der Waals surface area contributed by atoms with E-state index in [1.54, 1.807) is 0 Å². The fraction of sp³-hybridized carbons (Fsp3) is 0.400. The number of rotatable bonds is 6. The Morgan fingerprint density at radius 3 is 2.16 bits per heavy atom. The Hall–Kier alpha value is -2.09. The second kappa shape index (κ2) is 11.6. The Labute approximate surface area is 239 Å². The molecule has 3 heterocycles. The van der Waals surface area contributed by atoms with Crippen LogP contribution in [0.4, 0.5) is 5.82 Å². The van der Waals surface area contributed by atoms with Crippen LogP contribution in [0.1, 0.15) is 36.3 Å². The minimum Gasteiger partial charge on any atom is -0.346 e. The lowest BCUT2D eigenvalue weighted by atomic mass is 9.96. The second-order valence-corrected chi connectivity index (χ2v) is 12.4. The summed E-state index contributed by atoms with van der Waals surface area (Å²) in [5.74, 6) is 4.78. The number of aromatic nitrogens is 2. The molecule has 3 aliphatic rings. The molecule has 198 valence electrons. The summed E-state index contributed by atoms with van der Waals surface area (Å²) in [6.07, 6.45) is 5.72. The van der Waals surface area contributed by atoms with Gasteiger partial charge in [-0.2, -0.15) is 0 Å². The summed E-state index contributed by atoms with van der Waals surface area (Å²) in [5, 5.41) is 3.86. The first-order chi connectivity index (χ1) is 18.5. The summed E-state index contributed by atoms with van der Waals surface area (Å²) in [4.78, 5) is 17.6. The van der Waals surface area contributed by atoms with E-state index in [9.17, 15) is 0 Å². The zero-order valence-electron chi connectivity index (χ0n) is 21.7. The van der Waals surface area contributed by atoms with E-state index in [0.717, 1.165) is 84.4 Å². The molecule has 0 radical (unpaired) electrons. The number of piperazine rings is 1. The van der Waals surface area contributed by atoms with Crippen molar-refractivity contribution in [3.8, 4) is 0 Å². The Bertz CT molecular complexity index is 1340. The summed E-state index contributed by atoms with van der Waals surface area (Å²) in [6, 6.07) is 16.7. The maximum Gasteiger partial charge on any atom is 0.145 e. The molecule has 6 rings (SSSR count). The zero-order valence-corrected chi connectivity index (χ0v) is 24.0. The first kappa shape index (κ1) is 26.1. The van der Waals surface area contributed by atoms with E-state index in [-0.39, 0.29) is 6.04 Å². The highest BCUT2D eigenvalue weighted by molar-refractivity contribution is 7.99. The minimum atomic E-state index is 0.165. The number of halogens is 2. The van der Waals surface area contributed by atoms with Gasteiger partial charge in [-0.15, -0.1) is 11.8 Å². The predicted molar refractivity (Wildman–Crippen MR) is 160 cm³/mol. The maximum atomic E-state index is 6.21. The number of thioether (sulfide) groups is 1. The third-order valence-electron chi connectivity index (χ3n) is 7.70. The van der Waals surface area contributed by atoms with Crippen molar-refractivity contribution >= 4 is 52.9 Å². The molecule has 0 N–H and O–H groups in total. The zero-order chi connectivity index (χ0) is 26.1. The SMILES string of the molecule is CC1C=c2c(N3CCSC3)nc(CN3CCN(C(c4ccc(Cl)cc4)c4ccc(Cl)cc4)CC3)nc2=CC1. The molecule has 0 saturated carbocycles. The Balaban J connectivity index is 1.21. The summed E-state index contributed by atoms with van der Waals surface area (Å²) in [6.45, 7) is 7.99. The largest absolute Gasteiger partial charge is 0.346 e. The fourth-order valence-corrected chi connectivity index (χ4v) is 6.87. The fourth-order valence-electron chi connectivity index (χ4n) is 5.66. The van der Waals surface area contributed by atoms with Crippen LogP contribution in [-0.4, -0.2) is 64.1 Å². The lowest BCUT2D eigenvalue weighted by Gasteiger charge is -2.39. The van der Waals surface area contributed by atoms with Gasteiger partial charge >= 0.3 is 0 Å². The van der Waals surface area contributed by atoms with Gasteiger partial charge in [-0.3, -0.25) is 9.80 Å². The quantitative estimate of drug-likeness (QED) is 0.427. The molecular weight excluding hydrogens is 533 g/mol. The van der Waals surface area contributed by atoms with Gasteiger partial charge < -0.3 is 4.90 Å². The Kier molecular flexibility index (Phi) is 7.96. The van der Waals surface area contributed by atoms with Crippen molar-refractivity contribution in [3.05, 3.63) is 86.1 Å². The topological polar surface area (TPSA) is 35.5 Å². The molecular formula is C30H33Cl2N5S. The van der Waals surface area contributed by atoms with Crippen LogP contribution in [0.3, 0.4) is 0 Å². The average Bonchev–Trinajstić information content (AvgIpc) is 3.47. The van der Waals surface area contributed by atoms with E-state index >= 15 is 0 Å². The van der Waals surface area contributed by atoms with Gasteiger partial charge in [0.25, 0.3) is 0 Å². The highest BCUT2D eigenvalue weighted by Crippen LogP contribution is 2.31. The molecule has 2 fully saturated rings. The molecule has 1 atom stereocenters. The van der Waals surface area contributed by atoms with Crippen LogP contribution in [-0.2, 0) is 6.54 Å². The molecule has 8 heteroatoms. The van der Waals surface area contributed by atoms with Crippen LogP contribution in [0.5, 0.6) is 0 Å². The van der Waals surface area contributed by atoms with Crippen molar-refractivity contribution in [2.45, 2.75) is 25.9 Å². The van der Waals surface area contributed by atoms with Crippen molar-refractivity contribution < 1.29 is 0 Å². The molecule has 38 heavy (non-hydrogen) atoms. The van der Waals surface area contributed by atoms with E-state index in [1.807, 2.05) is 36.0 Å². The lowest BCUT2D eigenvalue weighted by Crippen LogP contribution is -2.48. The molecule has 0 bridgehead atoms. The van der Waals surface area contributed by atoms with E-state index in [2.05, 4.69) is 58.0 Å². The van der Waals surface area contributed by atoms with Gasteiger partial charge in [0, 0.05) is 53.7 Å². The summed E-state index contributed by atoms with van der Waals surface area (Å²) >= 11 is 14.4. The average molecular weight is 567 g/mol. The summed E-state index contributed by atoms with van der Waals surface area (Å²) in [5.41, 5.74) is 2.50. The van der Waals surface area contributed by atoms with E-state index in [0.29, 0.717) is 5.92 Å². The van der Waals surface area contributed by atoms with Crippen molar-refractivity contribution in [1.29, 1.82) is 0 Å². The lowest BCUT2D eigenvalue weighted by molar-refractivity contribution is 0.103. The molecule has 2 saturated heterocycles. The molecule has 3 aromatic rings. The highest BCUT2D eigenvalue weighted by Gasteiger charge is 2.27. The normalized spacial score (nSPS) is 20.3. The molecule has 1 unspecified atom stereocenters. The monoisotopic (exact) mass is 565 g/mol. The van der Waals surface area contributed by atoms with Crippen molar-refractivity contribution in [3.63, 3.8) is 0 Å². The highest BCUT2D eigenvalue weighted by atomic mass is 35.5. The number of nitrogens with zero attached hydrogens (tertiary/aromatic N) is 5. The first-order valence-corrected chi connectivity index (χ1v) is 15.3. The van der Waals surface area contributed by atoms with Gasteiger partial charge in [0.1, 0.15) is 11.6 Å². The summed E-state index contributed by atoms with van der Waals surface area (Å²) < 4.78 is 0. The van der Waals surface area contributed by atoms with E-state index in [1.165, 1.54) is 16.3 Å². The van der Waals surface area contributed by atoms with Crippen molar-refractivity contribution in [1.82, 2.24) is 19.8 Å². The van der Waals surface area contributed by atoms with Gasteiger partial charge in [-0.1, -0.05) is 66.5 Å². The third-order valence-corrected chi connectivity index (χ3v) is 9.17. The Morgan fingerprint density at radius 1 is 0.895 bits per heavy atom. The minimum absolute atomic E-state index is 0.165. The molecule has 0 amide bonds. The van der Waals surface area contributed by atoms with Crippen LogP contribution in [0.25, 0.3) is 12.2 Å².